The maximum absolute atomic E-state index is 11.6. The SMILES string of the molecule is O=C(NC1(CBr)CC1)C1CCOC1. The Hall–Kier alpha value is -0.0900. The molecular formula is C9H14BrNO2. The number of hydrogen-bond acceptors (Lipinski definition) is 2. The second kappa shape index (κ2) is 3.58. The third kappa shape index (κ3) is 2.05. The summed E-state index contributed by atoms with van der Waals surface area (Å²) in [5, 5.41) is 3.97. The predicted molar refractivity (Wildman–Crippen MR) is 52.8 cm³/mol. The summed E-state index contributed by atoms with van der Waals surface area (Å²) in [7, 11) is 0. The van der Waals surface area contributed by atoms with Gasteiger partial charge in [-0.15, -0.1) is 0 Å². The van der Waals surface area contributed by atoms with Crippen molar-refractivity contribution in [3.05, 3.63) is 0 Å². The molecule has 74 valence electrons. The molecule has 1 N–H and O–H groups in total. The van der Waals surface area contributed by atoms with E-state index in [1.807, 2.05) is 0 Å². The van der Waals surface area contributed by atoms with Gasteiger partial charge in [0.25, 0.3) is 0 Å². The van der Waals surface area contributed by atoms with Gasteiger partial charge in [-0.05, 0) is 19.3 Å². The molecule has 1 saturated heterocycles. The van der Waals surface area contributed by atoms with Crippen LogP contribution in [-0.2, 0) is 9.53 Å². The van der Waals surface area contributed by atoms with Crippen LogP contribution in [0.2, 0.25) is 0 Å². The lowest BCUT2D eigenvalue weighted by Crippen LogP contribution is -2.41. The van der Waals surface area contributed by atoms with Crippen molar-refractivity contribution in [3.63, 3.8) is 0 Å². The van der Waals surface area contributed by atoms with Crippen molar-refractivity contribution < 1.29 is 9.53 Å². The molecule has 1 atom stereocenters. The van der Waals surface area contributed by atoms with Crippen LogP contribution < -0.4 is 5.32 Å². The molecule has 2 fully saturated rings. The van der Waals surface area contributed by atoms with Gasteiger partial charge in [-0.25, -0.2) is 0 Å². The molecule has 0 bridgehead atoms. The van der Waals surface area contributed by atoms with E-state index in [0.717, 1.165) is 31.2 Å². The molecule has 3 nitrogen and oxygen atoms in total. The normalized spacial score (nSPS) is 30.1. The molecule has 13 heavy (non-hydrogen) atoms. The molecule has 2 aliphatic rings. The first-order valence-electron chi connectivity index (χ1n) is 4.71. The molecule has 1 saturated carbocycles. The summed E-state index contributed by atoms with van der Waals surface area (Å²) in [6.07, 6.45) is 3.10. The fraction of sp³-hybridized carbons (Fsp3) is 0.889. The molecule has 1 aliphatic carbocycles. The fourth-order valence-corrected chi connectivity index (χ4v) is 2.25. The minimum atomic E-state index is 0.0830. The van der Waals surface area contributed by atoms with Crippen molar-refractivity contribution in [1.29, 1.82) is 0 Å². The van der Waals surface area contributed by atoms with E-state index in [2.05, 4.69) is 21.2 Å². The Morgan fingerprint density at radius 2 is 2.38 bits per heavy atom. The highest BCUT2D eigenvalue weighted by molar-refractivity contribution is 9.09. The van der Waals surface area contributed by atoms with E-state index >= 15 is 0 Å². The number of alkyl halides is 1. The number of amides is 1. The van der Waals surface area contributed by atoms with Crippen LogP contribution in [0.3, 0.4) is 0 Å². The van der Waals surface area contributed by atoms with Gasteiger partial charge in [0.2, 0.25) is 5.91 Å². The molecule has 1 heterocycles. The van der Waals surface area contributed by atoms with E-state index in [-0.39, 0.29) is 17.4 Å². The van der Waals surface area contributed by atoms with E-state index < -0.39 is 0 Å². The smallest absolute Gasteiger partial charge is 0.225 e. The van der Waals surface area contributed by atoms with Crippen LogP contribution in [-0.4, -0.2) is 30.0 Å². The number of ether oxygens (including phenoxy) is 1. The van der Waals surface area contributed by atoms with Crippen molar-refractivity contribution in [2.75, 3.05) is 18.5 Å². The number of carbonyl (C=O) groups excluding carboxylic acids is 1. The molecule has 0 spiro atoms. The molecule has 1 unspecified atom stereocenters. The summed E-state index contributed by atoms with van der Waals surface area (Å²) in [6, 6.07) is 0. The van der Waals surface area contributed by atoms with Gasteiger partial charge < -0.3 is 10.1 Å². The summed E-state index contributed by atoms with van der Waals surface area (Å²) < 4.78 is 5.17. The number of hydrogen-bond donors (Lipinski definition) is 1. The molecule has 1 aliphatic heterocycles. The van der Waals surface area contributed by atoms with Crippen molar-refractivity contribution in [2.24, 2.45) is 5.92 Å². The van der Waals surface area contributed by atoms with Crippen molar-refractivity contribution in [2.45, 2.75) is 24.8 Å². The van der Waals surface area contributed by atoms with Crippen LogP contribution >= 0.6 is 15.9 Å². The van der Waals surface area contributed by atoms with Gasteiger partial charge in [0, 0.05) is 17.5 Å². The fourth-order valence-electron chi connectivity index (χ4n) is 1.55. The zero-order valence-corrected chi connectivity index (χ0v) is 9.10. The van der Waals surface area contributed by atoms with Gasteiger partial charge >= 0.3 is 0 Å². The third-order valence-corrected chi connectivity index (χ3v) is 3.87. The maximum atomic E-state index is 11.6. The standard InChI is InChI=1S/C9H14BrNO2/c10-6-9(2-3-9)11-8(12)7-1-4-13-5-7/h7H,1-6H2,(H,11,12). The van der Waals surface area contributed by atoms with E-state index in [4.69, 9.17) is 4.74 Å². The number of nitrogens with one attached hydrogen (secondary N) is 1. The number of halogens is 1. The van der Waals surface area contributed by atoms with Crippen molar-refractivity contribution in [1.82, 2.24) is 5.32 Å². The van der Waals surface area contributed by atoms with Gasteiger partial charge in [0.15, 0.2) is 0 Å². The Bertz CT molecular complexity index is 210. The highest BCUT2D eigenvalue weighted by atomic mass is 79.9. The summed E-state index contributed by atoms with van der Waals surface area (Å²) in [5.41, 5.74) is 0.0830. The molecule has 0 radical (unpaired) electrons. The quantitative estimate of drug-likeness (QED) is 0.758. The molecular weight excluding hydrogens is 234 g/mol. The van der Waals surface area contributed by atoms with E-state index in [0.29, 0.717) is 6.61 Å². The molecule has 0 aromatic heterocycles. The van der Waals surface area contributed by atoms with Crippen LogP contribution in [0, 0.1) is 5.92 Å². The first-order chi connectivity index (χ1) is 6.26. The summed E-state index contributed by atoms with van der Waals surface area (Å²) >= 11 is 3.42. The first-order valence-corrected chi connectivity index (χ1v) is 5.84. The second-order valence-corrected chi connectivity index (χ2v) is 4.52. The van der Waals surface area contributed by atoms with Crippen LogP contribution in [0.1, 0.15) is 19.3 Å². The molecule has 2 rings (SSSR count). The van der Waals surface area contributed by atoms with Gasteiger partial charge in [-0.2, -0.15) is 0 Å². The van der Waals surface area contributed by atoms with Crippen LogP contribution in [0.25, 0.3) is 0 Å². The maximum Gasteiger partial charge on any atom is 0.225 e. The Morgan fingerprint density at radius 3 is 2.85 bits per heavy atom. The highest BCUT2D eigenvalue weighted by Crippen LogP contribution is 2.37. The minimum absolute atomic E-state index is 0.0830. The topological polar surface area (TPSA) is 38.3 Å². The highest BCUT2D eigenvalue weighted by Gasteiger charge is 2.44. The third-order valence-electron chi connectivity index (χ3n) is 2.80. The van der Waals surface area contributed by atoms with Gasteiger partial charge in [0.05, 0.1) is 12.5 Å². The van der Waals surface area contributed by atoms with Crippen LogP contribution in [0.5, 0.6) is 0 Å². The lowest BCUT2D eigenvalue weighted by Gasteiger charge is -2.16. The first kappa shape index (κ1) is 9.46. The summed E-state index contributed by atoms with van der Waals surface area (Å²) in [6.45, 7) is 1.34. The summed E-state index contributed by atoms with van der Waals surface area (Å²) in [4.78, 5) is 11.6. The molecule has 0 aromatic carbocycles. The van der Waals surface area contributed by atoms with Crippen molar-refractivity contribution in [3.8, 4) is 0 Å². The van der Waals surface area contributed by atoms with Crippen LogP contribution in [0.4, 0.5) is 0 Å². The Morgan fingerprint density at radius 1 is 1.62 bits per heavy atom. The van der Waals surface area contributed by atoms with Gasteiger partial charge in [-0.3, -0.25) is 4.79 Å². The zero-order chi connectivity index (χ0) is 9.31. The predicted octanol–water partition coefficient (Wildman–Crippen LogP) is 1.07. The second-order valence-electron chi connectivity index (χ2n) is 3.96. The molecule has 4 heteroatoms. The number of rotatable bonds is 3. The average molecular weight is 248 g/mol. The van der Waals surface area contributed by atoms with E-state index in [1.165, 1.54) is 0 Å². The van der Waals surface area contributed by atoms with E-state index in [9.17, 15) is 4.79 Å². The Balaban J connectivity index is 1.84. The van der Waals surface area contributed by atoms with E-state index in [1.54, 1.807) is 0 Å². The van der Waals surface area contributed by atoms with Crippen LogP contribution in [0.15, 0.2) is 0 Å². The van der Waals surface area contributed by atoms with Gasteiger partial charge in [-0.1, -0.05) is 15.9 Å². The Kier molecular flexibility index (Phi) is 2.60. The lowest BCUT2D eigenvalue weighted by atomic mass is 10.1. The summed E-state index contributed by atoms with van der Waals surface area (Å²) in [5.74, 6) is 0.269. The minimum Gasteiger partial charge on any atom is -0.381 e. The largest absolute Gasteiger partial charge is 0.381 e. The zero-order valence-electron chi connectivity index (χ0n) is 7.51. The molecule has 1 amide bonds. The average Bonchev–Trinajstić information content (AvgIpc) is 2.69. The monoisotopic (exact) mass is 247 g/mol. The van der Waals surface area contributed by atoms with Crippen molar-refractivity contribution >= 4 is 21.8 Å². The number of carbonyl (C=O) groups is 1. The lowest BCUT2D eigenvalue weighted by molar-refractivity contribution is -0.125. The Labute approximate surface area is 86.3 Å². The molecule has 0 aromatic rings. The van der Waals surface area contributed by atoms with Gasteiger partial charge in [0.1, 0.15) is 0 Å².